The molecule has 0 saturated carbocycles. The molecule has 0 fully saturated rings. The summed E-state index contributed by atoms with van der Waals surface area (Å²) in [6.45, 7) is 3.79. The third kappa shape index (κ3) is 3.77. The highest BCUT2D eigenvalue weighted by Gasteiger charge is 2.11. The zero-order valence-electron chi connectivity index (χ0n) is 11.6. The largest absolute Gasteiger partial charge is 0.382 e. The van der Waals surface area contributed by atoms with Crippen LogP contribution in [0, 0.1) is 6.92 Å². The summed E-state index contributed by atoms with van der Waals surface area (Å²) in [6.07, 6.45) is 2.76. The molecule has 0 saturated heterocycles. The molecule has 0 aliphatic heterocycles. The van der Waals surface area contributed by atoms with E-state index in [0.29, 0.717) is 0 Å². The van der Waals surface area contributed by atoms with Gasteiger partial charge in [0.05, 0.1) is 11.4 Å². The van der Waals surface area contributed by atoms with Crippen molar-refractivity contribution in [1.82, 2.24) is 20.2 Å². The van der Waals surface area contributed by atoms with Crippen LogP contribution in [0.1, 0.15) is 12.5 Å². The van der Waals surface area contributed by atoms with E-state index in [-0.39, 0.29) is 11.8 Å². The van der Waals surface area contributed by atoms with Crippen LogP contribution in [0.2, 0.25) is 0 Å². The number of tetrazole rings is 1. The second-order valence-corrected chi connectivity index (χ2v) is 7.08. The molecule has 1 aromatic heterocycles. The van der Waals surface area contributed by atoms with Crippen LogP contribution >= 0.6 is 0 Å². The topological polar surface area (TPSA) is 89.8 Å². The number of nitrogens with zero attached hydrogens (tertiary/aromatic N) is 4. The molecule has 2 rings (SSSR count). The maximum atomic E-state index is 11.2. The summed E-state index contributed by atoms with van der Waals surface area (Å²) in [5.74, 6) is 0.0980. The number of hydrogen-bond acceptors (Lipinski definition) is 6. The van der Waals surface area contributed by atoms with Crippen molar-refractivity contribution in [1.29, 1.82) is 0 Å². The lowest BCUT2D eigenvalue weighted by molar-refractivity contribution is 0.598. The molecule has 7 nitrogen and oxygen atoms in total. The van der Waals surface area contributed by atoms with E-state index in [1.807, 2.05) is 32.0 Å². The van der Waals surface area contributed by atoms with Gasteiger partial charge >= 0.3 is 0 Å². The third-order valence-electron chi connectivity index (χ3n) is 2.76. The summed E-state index contributed by atoms with van der Waals surface area (Å²) in [7, 11) is -2.99. The van der Waals surface area contributed by atoms with Gasteiger partial charge in [-0.1, -0.05) is 0 Å². The molecule has 2 aromatic rings. The highest BCUT2D eigenvalue weighted by atomic mass is 32.2. The van der Waals surface area contributed by atoms with Crippen LogP contribution in [-0.4, -0.2) is 46.7 Å². The predicted octanol–water partition coefficient (Wildman–Crippen LogP) is 0.816. The van der Waals surface area contributed by atoms with Crippen LogP contribution < -0.4 is 5.32 Å². The lowest BCUT2D eigenvalue weighted by atomic mass is 10.1. The van der Waals surface area contributed by atoms with Crippen molar-refractivity contribution in [3.63, 3.8) is 0 Å². The summed E-state index contributed by atoms with van der Waals surface area (Å²) in [5.41, 5.74) is 2.75. The molecule has 0 aliphatic carbocycles. The van der Waals surface area contributed by atoms with Crippen LogP contribution in [0.3, 0.4) is 0 Å². The molecule has 8 heteroatoms. The molecule has 1 heterocycles. The van der Waals surface area contributed by atoms with Gasteiger partial charge in [0.25, 0.3) is 0 Å². The SMILES string of the molecule is Cc1cc(NC(C)CS(C)(=O)=O)ccc1-n1cnnn1. The Labute approximate surface area is 117 Å². The number of anilines is 1. The van der Waals surface area contributed by atoms with E-state index in [1.54, 1.807) is 4.68 Å². The summed E-state index contributed by atoms with van der Waals surface area (Å²) >= 11 is 0. The van der Waals surface area contributed by atoms with E-state index < -0.39 is 9.84 Å². The van der Waals surface area contributed by atoms with Gasteiger partial charge in [-0.05, 0) is 48.0 Å². The van der Waals surface area contributed by atoms with Crippen LogP contribution in [0.15, 0.2) is 24.5 Å². The van der Waals surface area contributed by atoms with Crippen molar-refractivity contribution in [2.75, 3.05) is 17.3 Å². The maximum absolute atomic E-state index is 11.2. The van der Waals surface area contributed by atoms with Crippen LogP contribution in [0.25, 0.3) is 5.69 Å². The molecule has 20 heavy (non-hydrogen) atoms. The number of nitrogens with one attached hydrogen (secondary N) is 1. The predicted molar refractivity (Wildman–Crippen MR) is 76.7 cm³/mol. The normalized spacial score (nSPS) is 13.2. The molecule has 0 aliphatic rings. The lowest BCUT2D eigenvalue weighted by Crippen LogP contribution is -2.25. The van der Waals surface area contributed by atoms with Gasteiger partial charge in [-0.2, -0.15) is 0 Å². The Morgan fingerprint density at radius 1 is 1.40 bits per heavy atom. The van der Waals surface area contributed by atoms with Crippen LogP contribution in [-0.2, 0) is 9.84 Å². The van der Waals surface area contributed by atoms with Gasteiger partial charge < -0.3 is 5.32 Å². The fourth-order valence-corrected chi connectivity index (χ4v) is 3.05. The molecule has 0 radical (unpaired) electrons. The Kier molecular flexibility index (Phi) is 4.03. The molecule has 0 bridgehead atoms. The van der Waals surface area contributed by atoms with Crippen molar-refractivity contribution in [2.45, 2.75) is 19.9 Å². The molecule has 1 atom stereocenters. The molecular weight excluding hydrogens is 278 g/mol. The fraction of sp³-hybridized carbons (Fsp3) is 0.417. The zero-order chi connectivity index (χ0) is 14.8. The summed E-state index contributed by atoms with van der Waals surface area (Å²) in [4.78, 5) is 0. The number of aryl methyl sites for hydroxylation is 1. The van der Waals surface area contributed by atoms with E-state index in [0.717, 1.165) is 16.9 Å². The van der Waals surface area contributed by atoms with E-state index in [4.69, 9.17) is 0 Å². The molecular formula is C12H17N5O2S. The smallest absolute Gasteiger partial charge is 0.149 e. The van der Waals surface area contributed by atoms with E-state index in [9.17, 15) is 8.42 Å². The molecule has 0 spiro atoms. The first-order chi connectivity index (χ1) is 9.35. The minimum atomic E-state index is -2.99. The van der Waals surface area contributed by atoms with Crippen molar-refractivity contribution in [3.05, 3.63) is 30.1 Å². The Hall–Kier alpha value is -1.96. The average Bonchev–Trinajstić information content (AvgIpc) is 2.79. The summed E-state index contributed by atoms with van der Waals surface area (Å²) in [5, 5.41) is 14.2. The highest BCUT2D eigenvalue weighted by Crippen LogP contribution is 2.18. The second-order valence-electron chi connectivity index (χ2n) is 4.89. The number of benzene rings is 1. The number of rotatable bonds is 5. The second kappa shape index (κ2) is 5.58. The van der Waals surface area contributed by atoms with Gasteiger partial charge in [-0.15, -0.1) is 5.10 Å². The van der Waals surface area contributed by atoms with Crippen molar-refractivity contribution in [3.8, 4) is 5.69 Å². The lowest BCUT2D eigenvalue weighted by Gasteiger charge is -2.15. The number of hydrogen-bond donors (Lipinski definition) is 1. The van der Waals surface area contributed by atoms with Crippen molar-refractivity contribution >= 4 is 15.5 Å². The molecule has 108 valence electrons. The Bertz CT molecular complexity index is 682. The van der Waals surface area contributed by atoms with E-state index in [2.05, 4.69) is 20.8 Å². The van der Waals surface area contributed by atoms with E-state index in [1.165, 1.54) is 12.6 Å². The molecule has 1 unspecified atom stereocenters. The van der Waals surface area contributed by atoms with Gasteiger partial charge in [-0.25, -0.2) is 13.1 Å². The van der Waals surface area contributed by atoms with Crippen molar-refractivity contribution < 1.29 is 8.42 Å². The Balaban J connectivity index is 2.14. The molecule has 0 amide bonds. The molecule has 1 aromatic carbocycles. The number of sulfone groups is 1. The highest BCUT2D eigenvalue weighted by molar-refractivity contribution is 7.90. The monoisotopic (exact) mass is 295 g/mol. The summed E-state index contributed by atoms with van der Waals surface area (Å²) < 4.78 is 24.1. The maximum Gasteiger partial charge on any atom is 0.149 e. The molecule has 1 N–H and O–H groups in total. The van der Waals surface area contributed by atoms with Gasteiger partial charge in [0.15, 0.2) is 0 Å². The first kappa shape index (κ1) is 14.4. The fourth-order valence-electron chi connectivity index (χ4n) is 2.05. The third-order valence-corrected chi connectivity index (χ3v) is 3.86. The minimum absolute atomic E-state index is 0.0980. The number of aromatic nitrogens is 4. The van der Waals surface area contributed by atoms with Gasteiger partial charge in [0, 0.05) is 18.0 Å². The first-order valence-electron chi connectivity index (χ1n) is 6.13. The standard InChI is InChI=1S/C12H17N5O2S/c1-9-6-11(14-10(2)7-20(3,18)19)4-5-12(9)17-8-13-15-16-17/h4-6,8,10,14H,7H2,1-3H3. The quantitative estimate of drug-likeness (QED) is 0.878. The Morgan fingerprint density at radius 2 is 2.15 bits per heavy atom. The van der Waals surface area contributed by atoms with Crippen LogP contribution in [0.4, 0.5) is 5.69 Å². The first-order valence-corrected chi connectivity index (χ1v) is 8.19. The summed E-state index contributed by atoms with van der Waals surface area (Å²) in [6, 6.07) is 5.56. The van der Waals surface area contributed by atoms with E-state index >= 15 is 0 Å². The zero-order valence-corrected chi connectivity index (χ0v) is 12.4. The van der Waals surface area contributed by atoms with Gasteiger partial charge in [0.1, 0.15) is 16.2 Å². The Morgan fingerprint density at radius 3 is 2.70 bits per heavy atom. The average molecular weight is 295 g/mol. The van der Waals surface area contributed by atoms with Crippen LogP contribution in [0.5, 0.6) is 0 Å². The van der Waals surface area contributed by atoms with Gasteiger partial charge in [-0.3, -0.25) is 0 Å². The minimum Gasteiger partial charge on any atom is -0.382 e. The van der Waals surface area contributed by atoms with Gasteiger partial charge in [0.2, 0.25) is 0 Å². The van der Waals surface area contributed by atoms with Crippen molar-refractivity contribution in [2.24, 2.45) is 0 Å².